The van der Waals surface area contributed by atoms with Crippen molar-refractivity contribution >= 4 is 34.8 Å². The highest BCUT2D eigenvalue weighted by Crippen LogP contribution is 2.28. The van der Waals surface area contributed by atoms with Gasteiger partial charge in [-0.15, -0.1) is 0 Å². The molecule has 154 valence electrons. The molecule has 3 aromatic rings. The maximum absolute atomic E-state index is 12.7. The van der Waals surface area contributed by atoms with Crippen molar-refractivity contribution in [3.05, 3.63) is 77.2 Å². The molecule has 0 bridgehead atoms. The molecule has 2 N–H and O–H groups in total. The molecule has 1 saturated carbocycles. The maximum Gasteiger partial charge on any atom is 0.291 e. The SMILES string of the molecule is O=C(Nc1ccc(Cl)cc1NC(=O)c1ccco1)c1ccc(OC2CCCC2)cc1. The van der Waals surface area contributed by atoms with Crippen LogP contribution >= 0.6 is 11.6 Å². The lowest BCUT2D eigenvalue weighted by Crippen LogP contribution is -2.16. The Hall–Kier alpha value is -3.25. The molecule has 30 heavy (non-hydrogen) atoms. The van der Waals surface area contributed by atoms with Gasteiger partial charge in [0.25, 0.3) is 11.8 Å². The molecule has 1 fully saturated rings. The normalized spacial score (nSPS) is 13.8. The van der Waals surface area contributed by atoms with E-state index in [2.05, 4.69) is 10.6 Å². The van der Waals surface area contributed by atoms with Crippen LogP contribution in [-0.2, 0) is 0 Å². The van der Waals surface area contributed by atoms with Crippen LogP contribution in [0.15, 0.2) is 65.3 Å². The van der Waals surface area contributed by atoms with Gasteiger partial charge in [0, 0.05) is 10.6 Å². The predicted octanol–water partition coefficient (Wildman–Crippen LogP) is 5.76. The van der Waals surface area contributed by atoms with E-state index in [1.54, 1.807) is 54.6 Å². The molecule has 1 aromatic heterocycles. The number of nitrogens with one attached hydrogen (secondary N) is 2. The number of furan rings is 1. The summed E-state index contributed by atoms with van der Waals surface area (Å²) in [6.07, 6.45) is 6.22. The Balaban J connectivity index is 1.45. The van der Waals surface area contributed by atoms with Crippen molar-refractivity contribution in [1.82, 2.24) is 0 Å². The van der Waals surface area contributed by atoms with Gasteiger partial charge in [-0.05, 0) is 80.3 Å². The van der Waals surface area contributed by atoms with Gasteiger partial charge in [-0.2, -0.15) is 0 Å². The van der Waals surface area contributed by atoms with Crippen LogP contribution in [0.2, 0.25) is 5.02 Å². The highest BCUT2D eigenvalue weighted by molar-refractivity contribution is 6.31. The van der Waals surface area contributed by atoms with Crippen molar-refractivity contribution in [3.63, 3.8) is 0 Å². The van der Waals surface area contributed by atoms with Gasteiger partial charge in [0.2, 0.25) is 0 Å². The Kier molecular flexibility index (Phi) is 6.05. The molecular weight excluding hydrogens is 404 g/mol. The van der Waals surface area contributed by atoms with Crippen molar-refractivity contribution in [2.75, 3.05) is 10.6 Å². The second-order valence-electron chi connectivity index (χ2n) is 7.12. The summed E-state index contributed by atoms with van der Waals surface area (Å²) >= 11 is 6.06. The molecular formula is C23H21ClN2O4. The van der Waals surface area contributed by atoms with Gasteiger partial charge < -0.3 is 19.8 Å². The molecule has 0 aliphatic heterocycles. The Morgan fingerprint density at radius 1 is 0.933 bits per heavy atom. The molecule has 6 nitrogen and oxygen atoms in total. The minimum absolute atomic E-state index is 0.158. The Bertz CT molecular complexity index is 1030. The number of amides is 2. The predicted molar refractivity (Wildman–Crippen MR) is 115 cm³/mol. The number of anilines is 2. The van der Waals surface area contributed by atoms with Crippen molar-refractivity contribution in [2.24, 2.45) is 0 Å². The third kappa shape index (κ3) is 4.83. The van der Waals surface area contributed by atoms with E-state index in [4.69, 9.17) is 20.8 Å². The summed E-state index contributed by atoms with van der Waals surface area (Å²) in [5.74, 6) is 0.172. The van der Waals surface area contributed by atoms with Gasteiger partial charge >= 0.3 is 0 Å². The summed E-state index contributed by atoms with van der Waals surface area (Å²) in [5, 5.41) is 5.95. The summed E-state index contributed by atoms with van der Waals surface area (Å²) in [7, 11) is 0. The zero-order chi connectivity index (χ0) is 20.9. The van der Waals surface area contributed by atoms with Gasteiger partial charge in [0.05, 0.1) is 23.7 Å². The number of hydrogen-bond acceptors (Lipinski definition) is 4. The summed E-state index contributed by atoms with van der Waals surface area (Å²) < 4.78 is 11.0. The second-order valence-corrected chi connectivity index (χ2v) is 7.56. The van der Waals surface area contributed by atoms with E-state index in [1.807, 2.05) is 0 Å². The number of ether oxygens (including phenoxy) is 1. The van der Waals surface area contributed by atoms with Crippen LogP contribution in [0.4, 0.5) is 11.4 Å². The van der Waals surface area contributed by atoms with Crippen LogP contribution < -0.4 is 15.4 Å². The average molecular weight is 425 g/mol. The summed E-state index contributed by atoms with van der Waals surface area (Å²) in [4.78, 5) is 25.0. The van der Waals surface area contributed by atoms with Crippen LogP contribution in [0.5, 0.6) is 5.75 Å². The van der Waals surface area contributed by atoms with Gasteiger partial charge in [0.1, 0.15) is 5.75 Å². The van der Waals surface area contributed by atoms with Gasteiger partial charge in [-0.3, -0.25) is 9.59 Å². The molecule has 0 atom stereocenters. The molecule has 2 aromatic carbocycles. The number of carbonyl (C=O) groups is 2. The molecule has 0 unspecified atom stereocenters. The van der Waals surface area contributed by atoms with Crippen LogP contribution in [0.3, 0.4) is 0 Å². The molecule has 0 spiro atoms. The molecule has 1 aliphatic rings. The van der Waals surface area contributed by atoms with Crippen molar-refractivity contribution in [2.45, 2.75) is 31.8 Å². The summed E-state index contributed by atoms with van der Waals surface area (Å²) in [6.45, 7) is 0. The molecule has 1 heterocycles. The minimum Gasteiger partial charge on any atom is -0.490 e. The van der Waals surface area contributed by atoms with Crippen molar-refractivity contribution < 1.29 is 18.7 Å². The van der Waals surface area contributed by atoms with E-state index in [9.17, 15) is 9.59 Å². The van der Waals surface area contributed by atoms with Gasteiger partial charge in [-0.25, -0.2) is 0 Å². The third-order valence-corrected chi connectivity index (χ3v) is 5.18. The maximum atomic E-state index is 12.7. The average Bonchev–Trinajstić information content (AvgIpc) is 3.45. The lowest BCUT2D eigenvalue weighted by molar-refractivity contribution is 0.0993. The fourth-order valence-electron chi connectivity index (χ4n) is 3.40. The zero-order valence-electron chi connectivity index (χ0n) is 16.2. The second kappa shape index (κ2) is 9.05. The first-order valence-electron chi connectivity index (χ1n) is 9.81. The van der Waals surface area contributed by atoms with E-state index in [1.165, 1.54) is 19.1 Å². The quantitative estimate of drug-likeness (QED) is 0.527. The van der Waals surface area contributed by atoms with Crippen LogP contribution in [0.1, 0.15) is 46.6 Å². The number of benzene rings is 2. The molecule has 0 radical (unpaired) electrons. The van der Waals surface area contributed by atoms with Gasteiger partial charge in [0.15, 0.2) is 5.76 Å². The highest BCUT2D eigenvalue weighted by atomic mass is 35.5. The highest BCUT2D eigenvalue weighted by Gasteiger charge is 2.17. The third-order valence-electron chi connectivity index (χ3n) is 4.94. The van der Waals surface area contributed by atoms with Crippen LogP contribution in [0, 0.1) is 0 Å². The Labute approximate surface area is 179 Å². The molecule has 1 aliphatic carbocycles. The smallest absolute Gasteiger partial charge is 0.291 e. The fraction of sp³-hybridized carbons (Fsp3) is 0.217. The van der Waals surface area contributed by atoms with E-state index in [0.29, 0.717) is 22.0 Å². The minimum atomic E-state index is -0.439. The van der Waals surface area contributed by atoms with Crippen LogP contribution in [0.25, 0.3) is 0 Å². The molecule has 7 heteroatoms. The Morgan fingerprint density at radius 2 is 1.67 bits per heavy atom. The molecule has 2 amide bonds. The number of carbonyl (C=O) groups excluding carboxylic acids is 2. The first kappa shape index (κ1) is 20.0. The first-order valence-corrected chi connectivity index (χ1v) is 10.2. The number of rotatable bonds is 6. The van der Waals surface area contributed by atoms with E-state index in [-0.39, 0.29) is 17.8 Å². The summed E-state index contributed by atoms with van der Waals surface area (Å²) in [5.41, 5.74) is 1.28. The monoisotopic (exact) mass is 424 g/mol. The topological polar surface area (TPSA) is 80.6 Å². The fourth-order valence-corrected chi connectivity index (χ4v) is 3.57. The zero-order valence-corrected chi connectivity index (χ0v) is 16.9. The first-order chi connectivity index (χ1) is 14.6. The lowest BCUT2D eigenvalue weighted by atomic mass is 10.2. The van der Waals surface area contributed by atoms with Gasteiger partial charge in [-0.1, -0.05) is 11.6 Å². The number of halogens is 1. The largest absolute Gasteiger partial charge is 0.490 e. The molecule has 4 rings (SSSR count). The Morgan fingerprint density at radius 3 is 2.37 bits per heavy atom. The van der Waals surface area contributed by atoms with E-state index in [0.717, 1.165) is 18.6 Å². The molecule has 0 saturated heterocycles. The van der Waals surface area contributed by atoms with E-state index < -0.39 is 5.91 Å². The summed E-state index contributed by atoms with van der Waals surface area (Å²) in [6, 6.07) is 15.0. The van der Waals surface area contributed by atoms with E-state index >= 15 is 0 Å². The lowest BCUT2D eigenvalue weighted by Gasteiger charge is -2.14. The standard InChI is InChI=1S/C23H21ClN2O4/c24-16-9-12-19(20(14-16)26-23(28)21-6-3-13-29-21)25-22(27)15-7-10-18(11-8-15)30-17-4-1-2-5-17/h3,6-14,17H,1-2,4-5H2,(H,25,27)(H,26,28). The van der Waals surface area contributed by atoms with Crippen molar-refractivity contribution in [3.8, 4) is 5.75 Å². The number of hydrogen-bond donors (Lipinski definition) is 2. The van der Waals surface area contributed by atoms with Crippen molar-refractivity contribution in [1.29, 1.82) is 0 Å². The van der Waals surface area contributed by atoms with Crippen LogP contribution in [-0.4, -0.2) is 17.9 Å².